The van der Waals surface area contributed by atoms with Crippen LogP contribution in [0.25, 0.3) is 0 Å². The molecule has 5 atom stereocenters. The third-order valence-electron chi connectivity index (χ3n) is 7.69. The molecule has 0 radical (unpaired) electrons. The van der Waals surface area contributed by atoms with Gasteiger partial charge in [-0.25, -0.2) is 4.21 Å². The lowest BCUT2D eigenvalue weighted by molar-refractivity contribution is -0.161. The summed E-state index contributed by atoms with van der Waals surface area (Å²) in [6.45, 7) is 10.3. The minimum absolute atomic E-state index is 0.0246. The van der Waals surface area contributed by atoms with Crippen LogP contribution in [0.15, 0.2) is 52.9 Å². The van der Waals surface area contributed by atoms with Crippen molar-refractivity contribution in [2.45, 2.75) is 77.6 Å². The molecule has 0 spiro atoms. The Balaban J connectivity index is 2.34. The van der Waals surface area contributed by atoms with Gasteiger partial charge in [0, 0.05) is 34.2 Å². The Bertz CT molecular complexity index is 1380. The van der Waals surface area contributed by atoms with Crippen molar-refractivity contribution in [3.63, 3.8) is 0 Å². The van der Waals surface area contributed by atoms with Crippen molar-refractivity contribution < 1.29 is 23.7 Å². The zero-order valence-corrected chi connectivity index (χ0v) is 26.1. The lowest BCUT2D eigenvalue weighted by Crippen LogP contribution is -2.59. The first kappa shape index (κ1) is 32.1. The summed E-state index contributed by atoms with van der Waals surface area (Å²) in [5.74, 6) is -2.49. The van der Waals surface area contributed by atoms with Gasteiger partial charge in [-0.2, -0.15) is 4.36 Å². The van der Waals surface area contributed by atoms with Crippen LogP contribution < -0.4 is 0 Å². The Morgan fingerprint density at radius 1 is 1.07 bits per heavy atom. The van der Waals surface area contributed by atoms with Crippen molar-refractivity contribution in [3.05, 3.63) is 69.7 Å². The maximum absolute atomic E-state index is 14.5. The van der Waals surface area contributed by atoms with Gasteiger partial charge in [0.15, 0.2) is 0 Å². The molecule has 0 aliphatic carbocycles. The topological polar surface area (TPSA) is 104 Å². The van der Waals surface area contributed by atoms with Gasteiger partial charge in [-0.15, -0.1) is 0 Å². The molecular formula is C30H38Cl2N2O5S. The molecule has 1 aliphatic heterocycles. The normalized spacial score (nSPS) is 23.6. The molecule has 2 aromatic carbocycles. The number of likely N-dealkylation sites (tertiary alicyclic amines) is 1. The molecule has 218 valence electrons. The molecule has 0 bridgehead atoms. The minimum Gasteiger partial charge on any atom is -0.481 e. The molecule has 1 saturated heterocycles. The van der Waals surface area contributed by atoms with E-state index in [4.69, 9.17) is 23.2 Å². The number of carbonyl (C=O) groups is 3. The molecule has 7 nitrogen and oxygen atoms in total. The third kappa shape index (κ3) is 7.07. The third-order valence-corrected chi connectivity index (χ3v) is 11.0. The summed E-state index contributed by atoms with van der Waals surface area (Å²) in [6, 6.07) is 13.5. The van der Waals surface area contributed by atoms with Gasteiger partial charge < -0.3 is 10.0 Å². The summed E-state index contributed by atoms with van der Waals surface area (Å²) < 4.78 is 18.2. The highest BCUT2D eigenvalue weighted by Crippen LogP contribution is 2.52. The summed E-state index contributed by atoms with van der Waals surface area (Å²) in [4.78, 5) is 40.3. The Morgan fingerprint density at radius 3 is 2.20 bits per heavy atom. The number of amides is 2. The minimum atomic E-state index is -3.06. The average molecular weight is 610 g/mol. The van der Waals surface area contributed by atoms with Gasteiger partial charge in [0.2, 0.25) is 5.91 Å². The van der Waals surface area contributed by atoms with E-state index in [0.717, 1.165) is 11.1 Å². The van der Waals surface area contributed by atoms with Crippen LogP contribution in [-0.4, -0.2) is 49.0 Å². The zero-order valence-electron chi connectivity index (χ0n) is 23.8. The van der Waals surface area contributed by atoms with E-state index >= 15 is 0 Å². The first-order chi connectivity index (χ1) is 18.6. The molecule has 2 aromatic rings. The summed E-state index contributed by atoms with van der Waals surface area (Å²) in [7, 11) is -3.06. The van der Waals surface area contributed by atoms with Gasteiger partial charge >= 0.3 is 5.97 Å². The van der Waals surface area contributed by atoms with E-state index in [1.165, 1.54) is 6.92 Å². The summed E-state index contributed by atoms with van der Waals surface area (Å²) in [5.41, 5.74) is 0.429. The maximum Gasteiger partial charge on any atom is 0.304 e. The van der Waals surface area contributed by atoms with Crippen LogP contribution >= 0.6 is 23.2 Å². The Hall–Kier alpha value is -2.42. The van der Waals surface area contributed by atoms with Crippen LogP contribution in [0.1, 0.15) is 77.5 Å². The Labute approximate surface area is 247 Å². The molecule has 40 heavy (non-hydrogen) atoms. The van der Waals surface area contributed by atoms with Crippen LogP contribution in [0.2, 0.25) is 10.0 Å². The van der Waals surface area contributed by atoms with E-state index in [1.54, 1.807) is 43.9 Å². The molecule has 1 aliphatic rings. The second-order valence-electron chi connectivity index (χ2n) is 11.5. The molecule has 0 aromatic heterocycles. The number of carboxylic acid groups (broad SMARTS) is 1. The van der Waals surface area contributed by atoms with Crippen molar-refractivity contribution in [2.75, 3.05) is 5.75 Å². The first-order valence-electron chi connectivity index (χ1n) is 13.4. The van der Waals surface area contributed by atoms with E-state index in [2.05, 4.69) is 4.36 Å². The van der Waals surface area contributed by atoms with Crippen LogP contribution in [0, 0.1) is 11.3 Å². The number of carboxylic acids is 1. The molecule has 0 saturated carbocycles. The number of carbonyl (C=O) groups excluding carboxylic acids is 2. The number of halogens is 2. The average Bonchev–Trinajstić information content (AvgIpc) is 2.84. The lowest BCUT2D eigenvalue weighted by Gasteiger charge is -2.53. The quantitative estimate of drug-likeness (QED) is 0.330. The molecule has 1 unspecified atom stereocenters. The largest absolute Gasteiger partial charge is 0.481 e. The molecule has 1 heterocycles. The number of hydrogen-bond acceptors (Lipinski definition) is 4. The number of nitrogens with zero attached hydrogens (tertiary/aromatic N) is 2. The number of piperidine rings is 1. The predicted molar refractivity (Wildman–Crippen MR) is 160 cm³/mol. The fraction of sp³-hybridized carbons (Fsp3) is 0.500. The second kappa shape index (κ2) is 12.6. The van der Waals surface area contributed by atoms with E-state index in [-0.39, 0.29) is 36.3 Å². The van der Waals surface area contributed by atoms with Crippen molar-refractivity contribution in [3.8, 4) is 0 Å². The zero-order chi connectivity index (χ0) is 30.0. The second-order valence-corrected chi connectivity index (χ2v) is 15.2. The van der Waals surface area contributed by atoms with Crippen LogP contribution in [0.4, 0.5) is 0 Å². The highest BCUT2D eigenvalue weighted by Gasteiger charge is 2.53. The Morgan fingerprint density at radius 2 is 1.70 bits per heavy atom. The van der Waals surface area contributed by atoms with Crippen molar-refractivity contribution in [1.29, 1.82) is 0 Å². The van der Waals surface area contributed by atoms with E-state index in [0.29, 0.717) is 10.0 Å². The fourth-order valence-corrected chi connectivity index (χ4v) is 8.10. The smallest absolute Gasteiger partial charge is 0.304 e. The van der Waals surface area contributed by atoms with E-state index in [9.17, 15) is 23.7 Å². The summed E-state index contributed by atoms with van der Waals surface area (Å²) >= 11 is 12.6. The Kier molecular flexibility index (Phi) is 10.1. The first-order valence-corrected chi connectivity index (χ1v) is 15.9. The molecule has 1 fully saturated rings. The predicted octanol–water partition coefficient (Wildman–Crippen LogP) is 6.98. The number of hydrogen-bond donors (Lipinski definition) is 1. The van der Waals surface area contributed by atoms with Gasteiger partial charge in [0.05, 0.1) is 33.4 Å². The molecule has 1 N–H and O–H groups in total. The van der Waals surface area contributed by atoms with Crippen LogP contribution in [-0.2, 0) is 24.1 Å². The van der Waals surface area contributed by atoms with Crippen molar-refractivity contribution in [2.24, 2.45) is 15.7 Å². The van der Waals surface area contributed by atoms with Crippen LogP contribution in [0.3, 0.4) is 0 Å². The summed E-state index contributed by atoms with van der Waals surface area (Å²) in [6.07, 6.45) is -0.0978. The van der Waals surface area contributed by atoms with Gasteiger partial charge in [0.25, 0.3) is 5.91 Å². The molecular weight excluding hydrogens is 571 g/mol. The number of rotatable bonds is 9. The van der Waals surface area contributed by atoms with Crippen molar-refractivity contribution >= 4 is 50.7 Å². The van der Waals surface area contributed by atoms with Crippen molar-refractivity contribution in [1.82, 2.24) is 4.90 Å². The molecule has 10 heteroatoms. The fourth-order valence-electron chi connectivity index (χ4n) is 5.64. The standard InChI is InChI=1S/C30H38Cl2N2O5S/c1-18(2)26(17-40(39,19(3)4)33-20(5)35)34-28(21-10-12-23(31)13-11-21)25(22-8-7-9-24(32)14-22)15-30(6,29(34)38)16-27(36)37/h7-14,18-19,25-26,28H,15-17H2,1-6H3,(H,36,37)/t25-,26-,28-,30-,40?/m1/s1. The van der Waals surface area contributed by atoms with Crippen LogP contribution in [0.5, 0.6) is 0 Å². The van der Waals surface area contributed by atoms with E-state index in [1.807, 2.05) is 44.2 Å². The maximum atomic E-state index is 14.5. The number of benzene rings is 2. The SMILES string of the molecule is CC(=O)N=S(=O)(C[C@H](C(C)C)N1C(=O)[C@@](C)(CC(=O)O)C[C@H](c2cccc(Cl)c2)[C@H]1c1ccc(Cl)cc1)C(C)C. The van der Waals surface area contributed by atoms with Gasteiger partial charge in [-0.1, -0.05) is 82.1 Å². The highest BCUT2D eigenvalue weighted by molar-refractivity contribution is 7.94. The van der Waals surface area contributed by atoms with E-state index < -0.39 is 44.4 Å². The lowest BCUT2D eigenvalue weighted by atomic mass is 9.66. The highest BCUT2D eigenvalue weighted by atomic mass is 35.5. The monoisotopic (exact) mass is 608 g/mol. The van der Waals surface area contributed by atoms with Gasteiger partial charge in [0.1, 0.15) is 0 Å². The number of aliphatic carboxylic acids is 1. The van der Waals surface area contributed by atoms with Gasteiger partial charge in [-0.05, 0) is 47.7 Å². The van der Waals surface area contributed by atoms with Gasteiger partial charge in [-0.3, -0.25) is 14.4 Å². The summed E-state index contributed by atoms with van der Waals surface area (Å²) in [5, 5.41) is 10.5. The molecule has 3 rings (SSSR count). The molecule has 2 amide bonds.